The van der Waals surface area contributed by atoms with Crippen LogP contribution in [0.4, 0.5) is 0 Å². The topological polar surface area (TPSA) is 77.3 Å². The number of fused-ring (bicyclic) bond motifs is 34. The highest BCUT2D eigenvalue weighted by molar-refractivity contribution is 7.28. The van der Waals surface area contributed by atoms with E-state index < -0.39 is 0 Å². The number of hydrogen-bond donors (Lipinski definition) is 0. The van der Waals surface area contributed by atoms with Crippen LogP contribution in [0.15, 0.2) is 364 Å². The van der Waals surface area contributed by atoms with Gasteiger partial charge in [0.25, 0.3) is 0 Å². The number of para-hydroxylation sites is 1. The van der Waals surface area contributed by atoms with Gasteiger partial charge in [0.1, 0.15) is 32.1 Å². The Morgan fingerprint density at radius 3 is 0.930 bits per heavy atom. The summed E-state index contributed by atoms with van der Waals surface area (Å²) in [5.41, 5.74) is 32.9. The van der Waals surface area contributed by atoms with Crippen molar-refractivity contribution in [3.8, 4) is 119 Å². The van der Waals surface area contributed by atoms with Crippen LogP contribution in [-0.4, -0.2) is 29.9 Å². The quantitative estimate of drug-likeness (QED) is 0.134. The number of thiophene rings is 6. The summed E-state index contributed by atoms with van der Waals surface area (Å²) in [5, 5.41) is 20.7. The average molecular weight is 1950 g/mol. The van der Waals surface area contributed by atoms with Crippen LogP contribution in [0, 0.1) is 0 Å². The van der Waals surface area contributed by atoms with E-state index in [0.29, 0.717) is 0 Å². The molecule has 662 valence electrons. The summed E-state index contributed by atoms with van der Waals surface area (Å²) in [6.45, 7) is 9.53. The SMILES string of the molecule is CC1(C)c2ccccc2-c2ccc(-c3sc(-c4ccc5c(c4)C(C)(C)c4ccccc4-5)c4nc5c6cc(-c7ccc8c(c7)sc7cc(-c9ccc%10nc(-c%11ccc%12c%13ccc(-c%14nc%15ccccc%15s%14)cc%13c%13nc%14c(-c%15cccc%16sc%17ccccc%17c%15%16)sc(-c%15cccc%16sc%17ccccc%17c%15%16)c%14nc%13c%12c%11)sc%10c9)ccc78)ccc6c6ccc(-c7ccc8c(c7)sc7ccccc78)cc6c5nc34)cc21. The second-order valence-electron chi connectivity index (χ2n) is 39.2. The van der Waals surface area contributed by atoms with Crippen molar-refractivity contribution in [2.24, 2.45) is 0 Å². The molecule has 0 N–H and O–H groups in total. The molecule has 10 heterocycles. The Morgan fingerprint density at radius 1 is 0.162 bits per heavy atom. The van der Waals surface area contributed by atoms with E-state index in [0.717, 1.165) is 187 Å². The standard InChI is InChI=1S/C128H72N6S8/c1-127(2)95-26-10-5-19-79(95)81-49-40-71(59-97(81)127)121-117-118(122(141-121)72-41-50-82-80-20-6-11-27-96(80)128(3,4)98(82)60-72)132-114-92-56-66(36-46-76(92)75-45-35-65(55-91(75)113(114)131-117)67-37-51-84-83-21-7-13-29-101(83)137-107(84)61-67)68-38-52-85-86-53-39-69(63-109(86)138-108(85)62-68)70-44-54-100-110(64-70)140-126(130-100)74-43-48-78-77-47-42-73(125-129-99-28-12-16-32-104(99)139-125)57-93(77)115-116(94(78)58-74)134-120-119(133-115)123(89-24-17-33-105-111(89)87-22-8-14-30-102(87)135-105)142-124(120)90-25-18-34-106-112(90)88-23-9-15-31-103(88)136-106/h5-64H,1-4H3. The second-order valence-corrected chi connectivity index (χ2v) is 47.7. The maximum absolute atomic E-state index is 6.16. The van der Waals surface area contributed by atoms with Crippen LogP contribution in [0.3, 0.4) is 0 Å². The van der Waals surface area contributed by atoms with E-state index >= 15 is 0 Å². The van der Waals surface area contributed by atoms with Crippen LogP contribution in [-0.2, 0) is 10.8 Å². The van der Waals surface area contributed by atoms with Crippen molar-refractivity contribution in [1.29, 1.82) is 0 Å². The molecule has 30 aromatic rings. The highest BCUT2D eigenvalue weighted by atomic mass is 32.1. The van der Waals surface area contributed by atoms with Gasteiger partial charge >= 0.3 is 0 Å². The molecule has 0 saturated carbocycles. The van der Waals surface area contributed by atoms with Gasteiger partial charge in [0.15, 0.2) is 0 Å². The van der Waals surface area contributed by atoms with Gasteiger partial charge in [-0.2, -0.15) is 0 Å². The van der Waals surface area contributed by atoms with Gasteiger partial charge in [0.2, 0.25) is 0 Å². The van der Waals surface area contributed by atoms with Crippen LogP contribution in [0.1, 0.15) is 49.9 Å². The predicted molar refractivity (Wildman–Crippen MR) is 615 cm³/mol. The Morgan fingerprint density at radius 2 is 0.465 bits per heavy atom. The Hall–Kier alpha value is -15.3. The molecule has 142 heavy (non-hydrogen) atoms. The fourth-order valence-electron chi connectivity index (χ4n) is 23.8. The third kappa shape index (κ3) is 11.7. The predicted octanol–water partition coefficient (Wildman–Crippen LogP) is 38.9. The van der Waals surface area contributed by atoms with Crippen molar-refractivity contribution in [2.45, 2.75) is 38.5 Å². The van der Waals surface area contributed by atoms with Crippen molar-refractivity contribution < 1.29 is 0 Å². The molecule has 20 aromatic carbocycles. The molecule has 14 heteroatoms. The number of hydrogen-bond acceptors (Lipinski definition) is 14. The van der Waals surface area contributed by atoms with Gasteiger partial charge in [-0.3, -0.25) is 0 Å². The largest absolute Gasteiger partial charge is 0.242 e. The molecule has 6 nitrogen and oxygen atoms in total. The van der Waals surface area contributed by atoms with Crippen molar-refractivity contribution in [3.63, 3.8) is 0 Å². The van der Waals surface area contributed by atoms with Crippen LogP contribution >= 0.6 is 90.7 Å². The van der Waals surface area contributed by atoms with E-state index in [9.17, 15) is 0 Å². The van der Waals surface area contributed by atoms with E-state index in [2.05, 4.69) is 392 Å². The van der Waals surface area contributed by atoms with Gasteiger partial charge in [0, 0.05) is 135 Å². The smallest absolute Gasteiger partial charge is 0.124 e. The normalized spacial score (nSPS) is 13.5. The maximum atomic E-state index is 6.16. The number of thiazole rings is 2. The molecule has 0 unspecified atom stereocenters. The zero-order valence-electron chi connectivity index (χ0n) is 76.6. The van der Waals surface area contributed by atoms with E-state index in [1.165, 1.54) is 142 Å². The first-order valence-electron chi connectivity index (χ1n) is 48.0. The Bertz CT molecular complexity index is 10900. The number of nitrogens with zero attached hydrogens (tertiary/aromatic N) is 6. The minimum absolute atomic E-state index is 0.198. The van der Waals surface area contributed by atoms with Crippen molar-refractivity contribution in [2.75, 3.05) is 0 Å². The Kier molecular flexibility index (Phi) is 16.8. The summed E-state index contributed by atoms with van der Waals surface area (Å²) < 4.78 is 12.4. The van der Waals surface area contributed by atoms with Gasteiger partial charge < -0.3 is 0 Å². The lowest BCUT2D eigenvalue weighted by Crippen LogP contribution is -2.14. The first kappa shape index (κ1) is 80.5. The zero-order chi connectivity index (χ0) is 93.1. The summed E-state index contributed by atoms with van der Waals surface area (Å²) in [4.78, 5) is 39.7. The molecule has 0 spiro atoms. The first-order chi connectivity index (χ1) is 69.8. The third-order valence-corrected chi connectivity index (χ3v) is 39.9. The Labute approximate surface area is 844 Å². The lowest BCUT2D eigenvalue weighted by molar-refractivity contribution is 0.660. The molecular weight excluding hydrogens is 1880 g/mol. The molecule has 0 amide bonds. The molecule has 10 aromatic heterocycles. The Balaban J connectivity index is 0.527. The highest BCUT2D eigenvalue weighted by Crippen LogP contribution is 2.58. The van der Waals surface area contributed by atoms with Crippen LogP contribution < -0.4 is 0 Å². The molecule has 0 aliphatic heterocycles. The fourth-order valence-corrected chi connectivity index (χ4v) is 32.8. The van der Waals surface area contributed by atoms with Crippen molar-refractivity contribution in [1.82, 2.24) is 29.9 Å². The van der Waals surface area contributed by atoms with Gasteiger partial charge in [-0.1, -0.05) is 282 Å². The monoisotopic (exact) mass is 1950 g/mol. The molecule has 2 aliphatic carbocycles. The summed E-state index contributed by atoms with van der Waals surface area (Å²) in [7, 11) is 0. The van der Waals surface area contributed by atoms with Crippen LogP contribution in [0.5, 0.6) is 0 Å². The van der Waals surface area contributed by atoms with Gasteiger partial charge in [0.05, 0.1) is 62.0 Å². The van der Waals surface area contributed by atoms with Crippen molar-refractivity contribution in [3.05, 3.63) is 386 Å². The summed E-state index contributed by atoms with van der Waals surface area (Å²) in [6.07, 6.45) is 0. The van der Waals surface area contributed by atoms with E-state index in [-0.39, 0.29) is 10.8 Å². The molecule has 2 aliphatic rings. The number of benzene rings is 20. The molecule has 0 fully saturated rings. The summed E-state index contributed by atoms with van der Waals surface area (Å²) in [6, 6.07) is 137. The molecule has 0 saturated heterocycles. The lowest BCUT2D eigenvalue weighted by Gasteiger charge is -2.22. The third-order valence-electron chi connectivity index (χ3n) is 30.8. The molecule has 0 bridgehead atoms. The lowest BCUT2D eigenvalue weighted by atomic mass is 9.82. The van der Waals surface area contributed by atoms with Crippen molar-refractivity contribution >= 4 is 279 Å². The molecule has 0 radical (unpaired) electrons. The highest BCUT2D eigenvalue weighted by Gasteiger charge is 2.39. The second kappa shape index (κ2) is 29.7. The summed E-state index contributed by atoms with van der Waals surface area (Å²) in [5.74, 6) is 0. The molecule has 0 atom stereocenters. The first-order valence-corrected chi connectivity index (χ1v) is 54.6. The van der Waals surface area contributed by atoms with Crippen LogP contribution in [0.25, 0.3) is 307 Å². The maximum Gasteiger partial charge on any atom is 0.124 e. The minimum atomic E-state index is -0.202. The zero-order valence-corrected chi connectivity index (χ0v) is 83.1. The minimum Gasteiger partial charge on any atom is -0.242 e. The fraction of sp³-hybridized carbons (Fsp3) is 0.0469. The van der Waals surface area contributed by atoms with Gasteiger partial charge in [-0.05, 0) is 220 Å². The van der Waals surface area contributed by atoms with E-state index in [4.69, 9.17) is 29.9 Å². The molecular formula is C128H72N6S8. The molecule has 32 rings (SSSR count). The summed E-state index contributed by atoms with van der Waals surface area (Å²) >= 11 is 14.6. The number of rotatable bonds is 9. The van der Waals surface area contributed by atoms with E-state index in [1.807, 2.05) is 68.0 Å². The van der Waals surface area contributed by atoms with Gasteiger partial charge in [-0.25, -0.2) is 29.9 Å². The number of aromatic nitrogens is 6. The van der Waals surface area contributed by atoms with Crippen LogP contribution in [0.2, 0.25) is 0 Å². The average Bonchev–Trinajstić information content (AvgIpc) is 1.57. The van der Waals surface area contributed by atoms with E-state index in [1.54, 1.807) is 22.7 Å². The van der Waals surface area contributed by atoms with Gasteiger partial charge in [-0.15, -0.1) is 90.7 Å².